The van der Waals surface area contributed by atoms with E-state index in [-0.39, 0.29) is 30.2 Å². The molecule has 0 saturated heterocycles. The molecule has 146 valence electrons. The van der Waals surface area contributed by atoms with Crippen molar-refractivity contribution in [3.8, 4) is 5.69 Å². The molecule has 3 rings (SSSR count). The van der Waals surface area contributed by atoms with Crippen LogP contribution >= 0.6 is 0 Å². The van der Waals surface area contributed by atoms with Crippen molar-refractivity contribution in [1.82, 2.24) is 20.0 Å². The molecule has 0 aliphatic rings. The van der Waals surface area contributed by atoms with Crippen molar-refractivity contribution in [1.29, 1.82) is 0 Å². The molecule has 0 spiro atoms. The van der Waals surface area contributed by atoms with Crippen LogP contribution in [0.4, 0.5) is 10.5 Å². The molecule has 2 heterocycles. The maximum Gasteiger partial charge on any atom is 0.319 e. The number of aromatic nitrogens is 2. The smallest absolute Gasteiger partial charge is 0.319 e. The lowest BCUT2D eigenvalue weighted by Crippen LogP contribution is -2.39. The topological polar surface area (TPSA) is 110 Å². The first kappa shape index (κ1) is 19.0. The van der Waals surface area contributed by atoms with Gasteiger partial charge in [0.1, 0.15) is 11.4 Å². The van der Waals surface area contributed by atoms with Crippen molar-refractivity contribution in [2.75, 3.05) is 11.9 Å². The van der Waals surface area contributed by atoms with Crippen LogP contribution in [0.3, 0.4) is 0 Å². The van der Waals surface area contributed by atoms with E-state index in [0.717, 1.165) is 0 Å². The lowest BCUT2D eigenvalue weighted by atomic mass is 10.3. The van der Waals surface area contributed by atoms with E-state index < -0.39 is 6.03 Å². The van der Waals surface area contributed by atoms with Gasteiger partial charge in [-0.25, -0.2) is 9.48 Å². The Labute approximate surface area is 160 Å². The third-order valence-corrected chi connectivity index (χ3v) is 4.24. The second-order valence-electron chi connectivity index (χ2n) is 6.10. The largest absolute Gasteiger partial charge is 0.467 e. The number of carbonyl (C=O) groups is 2. The Morgan fingerprint density at radius 3 is 2.50 bits per heavy atom. The van der Waals surface area contributed by atoms with Crippen LogP contribution in [0.15, 0.2) is 57.9 Å². The number of rotatable bonds is 6. The van der Waals surface area contributed by atoms with E-state index in [4.69, 9.17) is 4.42 Å². The normalized spacial score (nSPS) is 10.5. The summed E-state index contributed by atoms with van der Waals surface area (Å²) in [7, 11) is 1.73. The molecule has 9 heteroatoms. The zero-order valence-corrected chi connectivity index (χ0v) is 15.6. The summed E-state index contributed by atoms with van der Waals surface area (Å²) in [6.45, 7) is 1.73. The van der Waals surface area contributed by atoms with Crippen molar-refractivity contribution < 1.29 is 14.0 Å². The van der Waals surface area contributed by atoms with Gasteiger partial charge in [-0.2, -0.15) is 0 Å². The van der Waals surface area contributed by atoms with E-state index in [1.54, 1.807) is 42.9 Å². The lowest BCUT2D eigenvalue weighted by molar-refractivity contribution is -0.120. The van der Waals surface area contributed by atoms with Crippen LogP contribution in [-0.2, 0) is 18.4 Å². The first-order valence-electron chi connectivity index (χ1n) is 8.65. The molecule has 3 aromatic rings. The fraction of sp³-hybridized carbons (Fsp3) is 0.211. The van der Waals surface area contributed by atoms with Crippen LogP contribution in [0.1, 0.15) is 11.5 Å². The zero-order valence-electron chi connectivity index (χ0n) is 15.6. The molecule has 0 saturated carbocycles. The Kier molecular flexibility index (Phi) is 5.64. The van der Waals surface area contributed by atoms with Gasteiger partial charge in [0.15, 0.2) is 0 Å². The quantitative estimate of drug-likeness (QED) is 0.599. The minimum atomic E-state index is -0.640. The van der Waals surface area contributed by atoms with Crippen molar-refractivity contribution >= 4 is 17.6 Å². The van der Waals surface area contributed by atoms with Gasteiger partial charge in [-0.05, 0) is 31.2 Å². The third-order valence-electron chi connectivity index (χ3n) is 4.24. The highest BCUT2D eigenvalue weighted by Crippen LogP contribution is 2.13. The average molecular weight is 383 g/mol. The molecule has 3 N–H and O–H groups in total. The molecule has 0 unspecified atom stereocenters. The van der Waals surface area contributed by atoms with Crippen LogP contribution in [0.5, 0.6) is 0 Å². The van der Waals surface area contributed by atoms with Crippen molar-refractivity contribution in [3.05, 3.63) is 70.5 Å². The molecule has 1 aromatic carbocycles. The minimum absolute atomic E-state index is 0.153. The van der Waals surface area contributed by atoms with E-state index in [1.807, 2.05) is 18.2 Å². The number of urea groups is 1. The van der Waals surface area contributed by atoms with Crippen molar-refractivity contribution in [3.63, 3.8) is 0 Å². The highest BCUT2D eigenvalue weighted by molar-refractivity contribution is 5.92. The van der Waals surface area contributed by atoms with Gasteiger partial charge >= 0.3 is 6.03 Å². The molecule has 0 aliphatic heterocycles. The first-order chi connectivity index (χ1) is 13.5. The summed E-state index contributed by atoms with van der Waals surface area (Å²) in [6, 6.07) is 11.9. The van der Waals surface area contributed by atoms with Crippen LogP contribution in [0.25, 0.3) is 5.69 Å². The number of nitrogens with one attached hydrogen (secondary N) is 3. The molecule has 2 aromatic heterocycles. The summed E-state index contributed by atoms with van der Waals surface area (Å²) >= 11 is 0. The van der Waals surface area contributed by atoms with E-state index in [2.05, 4.69) is 16.0 Å². The summed E-state index contributed by atoms with van der Waals surface area (Å²) in [5.41, 5.74) is 1.07. The number of para-hydroxylation sites is 1. The third kappa shape index (κ3) is 4.14. The monoisotopic (exact) mass is 383 g/mol. The molecule has 9 nitrogen and oxygen atoms in total. The molecular formula is C19H21N5O4. The van der Waals surface area contributed by atoms with E-state index in [9.17, 15) is 14.4 Å². The fourth-order valence-corrected chi connectivity index (χ4v) is 2.69. The van der Waals surface area contributed by atoms with Gasteiger partial charge in [-0.15, -0.1) is 0 Å². The zero-order chi connectivity index (χ0) is 20.1. The lowest BCUT2D eigenvalue weighted by Gasteiger charge is -2.07. The number of carbonyl (C=O) groups excluding carboxylic acids is 2. The number of nitrogens with zero attached hydrogens (tertiary/aromatic N) is 2. The van der Waals surface area contributed by atoms with Gasteiger partial charge in [0, 0.05) is 7.05 Å². The van der Waals surface area contributed by atoms with Gasteiger partial charge < -0.3 is 20.4 Å². The van der Waals surface area contributed by atoms with E-state index in [0.29, 0.717) is 17.1 Å². The predicted octanol–water partition coefficient (Wildman–Crippen LogP) is 1.52. The molecule has 0 atom stereocenters. The molecular weight excluding hydrogens is 362 g/mol. The Morgan fingerprint density at radius 2 is 1.82 bits per heavy atom. The van der Waals surface area contributed by atoms with Crippen molar-refractivity contribution in [2.24, 2.45) is 7.05 Å². The average Bonchev–Trinajstić information content (AvgIpc) is 3.29. The Morgan fingerprint density at radius 1 is 1.07 bits per heavy atom. The number of anilines is 1. The molecule has 0 radical (unpaired) electrons. The maximum absolute atomic E-state index is 12.7. The van der Waals surface area contributed by atoms with Gasteiger partial charge in [0.25, 0.3) is 5.56 Å². The standard InChI is InChI=1S/C19H21N5O4/c1-13-17(18(26)24(23(13)2)14-7-4-3-5-8-14)22-19(27)21-12-16(25)20-11-15-9-6-10-28-15/h3-10H,11-12H2,1-2H3,(H,20,25)(H2,21,22,27). The van der Waals surface area contributed by atoms with Crippen LogP contribution < -0.4 is 21.5 Å². The van der Waals surface area contributed by atoms with E-state index in [1.165, 1.54) is 10.9 Å². The van der Waals surface area contributed by atoms with Gasteiger partial charge in [-0.1, -0.05) is 18.2 Å². The second-order valence-corrected chi connectivity index (χ2v) is 6.10. The summed E-state index contributed by atoms with van der Waals surface area (Å²) in [4.78, 5) is 36.7. The van der Waals surface area contributed by atoms with Crippen LogP contribution in [-0.4, -0.2) is 27.8 Å². The molecule has 28 heavy (non-hydrogen) atoms. The highest BCUT2D eigenvalue weighted by atomic mass is 16.3. The number of benzene rings is 1. The van der Waals surface area contributed by atoms with Crippen LogP contribution in [0.2, 0.25) is 0 Å². The van der Waals surface area contributed by atoms with Gasteiger partial charge in [0.2, 0.25) is 5.91 Å². The summed E-state index contributed by atoms with van der Waals surface area (Å²) in [6.07, 6.45) is 1.51. The highest BCUT2D eigenvalue weighted by Gasteiger charge is 2.18. The van der Waals surface area contributed by atoms with Crippen LogP contribution in [0, 0.1) is 6.92 Å². The Hall–Kier alpha value is -3.75. The predicted molar refractivity (Wildman–Crippen MR) is 103 cm³/mol. The summed E-state index contributed by atoms with van der Waals surface area (Å²) in [5.74, 6) is 0.234. The second kappa shape index (κ2) is 8.30. The molecule has 0 aliphatic carbocycles. The number of amides is 3. The minimum Gasteiger partial charge on any atom is -0.467 e. The number of hydrogen-bond acceptors (Lipinski definition) is 4. The number of hydrogen-bond donors (Lipinski definition) is 3. The molecule has 0 bridgehead atoms. The summed E-state index contributed by atoms with van der Waals surface area (Å²) < 4.78 is 8.23. The van der Waals surface area contributed by atoms with E-state index >= 15 is 0 Å². The summed E-state index contributed by atoms with van der Waals surface area (Å²) in [5, 5.41) is 7.58. The van der Waals surface area contributed by atoms with Gasteiger partial charge in [-0.3, -0.25) is 14.3 Å². The molecule has 3 amide bonds. The fourth-order valence-electron chi connectivity index (χ4n) is 2.69. The maximum atomic E-state index is 12.7. The van der Waals surface area contributed by atoms with Crippen molar-refractivity contribution in [2.45, 2.75) is 13.5 Å². The SMILES string of the molecule is Cc1c(NC(=O)NCC(=O)NCc2ccco2)c(=O)n(-c2ccccc2)n1C. The number of furan rings is 1. The van der Waals surface area contributed by atoms with Gasteiger partial charge in [0.05, 0.1) is 30.7 Å². The Bertz CT molecular complexity index is 1020. The Balaban J connectivity index is 1.61. The first-order valence-corrected chi connectivity index (χ1v) is 8.65. The molecule has 0 fully saturated rings.